The summed E-state index contributed by atoms with van der Waals surface area (Å²) in [6, 6.07) is -1.30. The van der Waals surface area contributed by atoms with Gasteiger partial charge in [-0.2, -0.15) is 0 Å². The standard InChI is InChI=1S/C12H7Br4NO4/c1-2-3(12(20)21)17-10(18)4-5(11(17)19)7(14)9(16)8(15)6(4)13/h3H,2H2,1H3,(H,20,21)/p-1/t3-/m0/s1. The van der Waals surface area contributed by atoms with Gasteiger partial charge in [0.1, 0.15) is 0 Å². The number of carbonyl (C=O) groups excluding carboxylic acids is 3. The van der Waals surface area contributed by atoms with Crippen LogP contribution in [0.15, 0.2) is 17.9 Å². The molecule has 0 unspecified atom stereocenters. The number of halogens is 4. The molecule has 1 atom stereocenters. The van der Waals surface area contributed by atoms with E-state index in [1.54, 1.807) is 6.92 Å². The smallest absolute Gasteiger partial charge is 0.263 e. The van der Waals surface area contributed by atoms with Crippen LogP contribution in [0.3, 0.4) is 0 Å². The predicted molar refractivity (Wildman–Crippen MR) is 86.8 cm³/mol. The van der Waals surface area contributed by atoms with Crippen molar-refractivity contribution in [3.05, 3.63) is 29.0 Å². The van der Waals surface area contributed by atoms with Crippen molar-refractivity contribution in [2.24, 2.45) is 0 Å². The average molecular weight is 548 g/mol. The van der Waals surface area contributed by atoms with Crippen LogP contribution >= 0.6 is 63.7 Å². The quantitative estimate of drug-likeness (QED) is 0.331. The topological polar surface area (TPSA) is 77.5 Å². The second-order valence-corrected chi connectivity index (χ2v) is 7.40. The number of benzene rings is 1. The Balaban J connectivity index is 2.71. The molecule has 0 N–H and O–H groups in total. The van der Waals surface area contributed by atoms with Gasteiger partial charge in [0.25, 0.3) is 11.8 Å². The number of rotatable bonds is 3. The first-order valence-corrected chi connectivity index (χ1v) is 8.85. The molecular weight excluding hydrogens is 542 g/mol. The first kappa shape index (κ1) is 17.1. The van der Waals surface area contributed by atoms with Crippen molar-refractivity contribution in [3.8, 4) is 0 Å². The first-order chi connectivity index (χ1) is 9.73. The van der Waals surface area contributed by atoms with Gasteiger partial charge in [-0.25, -0.2) is 0 Å². The van der Waals surface area contributed by atoms with Gasteiger partial charge in [-0.05, 0) is 70.1 Å². The minimum Gasteiger partial charge on any atom is -0.548 e. The Labute approximate surface area is 153 Å². The third kappa shape index (κ3) is 2.51. The Bertz CT molecular complexity index is 642. The van der Waals surface area contributed by atoms with E-state index < -0.39 is 23.8 Å². The lowest BCUT2D eigenvalue weighted by atomic mass is 10.1. The first-order valence-electron chi connectivity index (χ1n) is 5.68. The van der Waals surface area contributed by atoms with Crippen LogP contribution < -0.4 is 5.11 Å². The molecule has 1 aliphatic heterocycles. The fourth-order valence-electron chi connectivity index (χ4n) is 2.10. The van der Waals surface area contributed by atoms with E-state index in [0.717, 1.165) is 4.90 Å². The highest BCUT2D eigenvalue weighted by Gasteiger charge is 2.44. The molecule has 1 heterocycles. The van der Waals surface area contributed by atoms with Gasteiger partial charge in [-0.1, -0.05) is 6.92 Å². The molecule has 0 saturated heterocycles. The van der Waals surface area contributed by atoms with Crippen LogP contribution in [0.4, 0.5) is 0 Å². The van der Waals surface area contributed by atoms with E-state index in [2.05, 4.69) is 63.7 Å². The van der Waals surface area contributed by atoms with Crippen LogP contribution in [0.2, 0.25) is 0 Å². The van der Waals surface area contributed by atoms with Crippen molar-refractivity contribution in [3.63, 3.8) is 0 Å². The summed E-state index contributed by atoms with van der Waals surface area (Å²) in [5.74, 6) is -2.78. The summed E-state index contributed by atoms with van der Waals surface area (Å²) in [5.41, 5.74) is 0.253. The maximum Gasteiger partial charge on any atom is 0.263 e. The lowest BCUT2D eigenvalue weighted by molar-refractivity contribution is -0.310. The maximum atomic E-state index is 12.5. The molecule has 21 heavy (non-hydrogen) atoms. The molecule has 0 spiro atoms. The number of imide groups is 1. The van der Waals surface area contributed by atoms with Gasteiger partial charge < -0.3 is 9.90 Å². The molecule has 1 aliphatic rings. The lowest BCUT2D eigenvalue weighted by Gasteiger charge is -2.25. The summed E-state index contributed by atoms with van der Waals surface area (Å²) in [7, 11) is 0. The summed E-state index contributed by atoms with van der Waals surface area (Å²) in [4.78, 5) is 36.8. The molecule has 0 saturated carbocycles. The molecule has 2 rings (SSSR count). The lowest BCUT2D eigenvalue weighted by Crippen LogP contribution is -2.50. The monoisotopic (exact) mass is 544 g/mol. The van der Waals surface area contributed by atoms with Gasteiger partial charge in [-0.15, -0.1) is 0 Å². The van der Waals surface area contributed by atoms with E-state index in [-0.39, 0.29) is 17.5 Å². The molecule has 0 aliphatic carbocycles. The van der Waals surface area contributed by atoms with Gasteiger partial charge in [0, 0.05) is 17.9 Å². The predicted octanol–water partition coefficient (Wildman–Crippen LogP) is 2.86. The van der Waals surface area contributed by atoms with Crippen LogP contribution in [0.1, 0.15) is 34.1 Å². The van der Waals surface area contributed by atoms with Crippen molar-refractivity contribution in [1.29, 1.82) is 0 Å². The number of aliphatic carboxylic acids is 1. The molecule has 112 valence electrons. The molecular formula is C12H6Br4NO4-. The summed E-state index contributed by atoms with van der Waals surface area (Å²) in [6.45, 7) is 1.57. The van der Waals surface area contributed by atoms with Crippen molar-refractivity contribution in [1.82, 2.24) is 4.90 Å². The van der Waals surface area contributed by atoms with Crippen molar-refractivity contribution >= 4 is 81.5 Å². The number of carbonyl (C=O) groups is 3. The Hall–Kier alpha value is -0.250. The Morgan fingerprint density at radius 1 is 1.00 bits per heavy atom. The van der Waals surface area contributed by atoms with Crippen LogP contribution in [-0.2, 0) is 4.79 Å². The van der Waals surface area contributed by atoms with E-state index >= 15 is 0 Å². The second kappa shape index (κ2) is 6.10. The molecule has 0 aromatic heterocycles. The normalized spacial score (nSPS) is 15.4. The van der Waals surface area contributed by atoms with E-state index in [9.17, 15) is 19.5 Å². The number of hydrogen-bond acceptors (Lipinski definition) is 4. The van der Waals surface area contributed by atoms with E-state index in [0.29, 0.717) is 17.9 Å². The van der Waals surface area contributed by atoms with Crippen LogP contribution in [0, 0.1) is 0 Å². The molecule has 1 aromatic carbocycles. The summed E-state index contributed by atoms with van der Waals surface area (Å²) >= 11 is 13.1. The highest BCUT2D eigenvalue weighted by molar-refractivity contribution is 9.15. The maximum absolute atomic E-state index is 12.5. The zero-order chi connectivity index (χ0) is 16.1. The minimum absolute atomic E-state index is 0.0748. The average Bonchev–Trinajstić information content (AvgIpc) is 2.68. The molecule has 9 heteroatoms. The van der Waals surface area contributed by atoms with Gasteiger partial charge in [0.05, 0.1) is 23.1 Å². The number of amides is 2. The Morgan fingerprint density at radius 2 is 1.38 bits per heavy atom. The summed E-state index contributed by atoms with van der Waals surface area (Å²) in [6.07, 6.45) is 0.0748. The van der Waals surface area contributed by atoms with Gasteiger partial charge in [0.15, 0.2) is 0 Å². The molecule has 2 amide bonds. The van der Waals surface area contributed by atoms with E-state index in [1.807, 2.05) is 0 Å². The van der Waals surface area contributed by atoms with E-state index in [1.165, 1.54) is 0 Å². The fraction of sp³-hybridized carbons (Fsp3) is 0.250. The minimum atomic E-state index is -1.46. The number of hydrogen-bond donors (Lipinski definition) is 0. The zero-order valence-electron chi connectivity index (χ0n) is 10.4. The molecule has 0 radical (unpaired) electrons. The van der Waals surface area contributed by atoms with Crippen molar-refractivity contribution in [2.75, 3.05) is 0 Å². The van der Waals surface area contributed by atoms with E-state index in [4.69, 9.17) is 0 Å². The molecule has 0 fully saturated rings. The van der Waals surface area contributed by atoms with Crippen molar-refractivity contribution < 1.29 is 19.5 Å². The summed E-state index contributed by atoms with van der Waals surface area (Å²) in [5, 5.41) is 11.2. The number of carboxylic acids is 1. The fourth-order valence-corrected chi connectivity index (χ4v) is 4.56. The van der Waals surface area contributed by atoms with Crippen molar-refractivity contribution in [2.45, 2.75) is 19.4 Å². The molecule has 1 aromatic rings. The van der Waals surface area contributed by atoms with Gasteiger partial charge in [0.2, 0.25) is 0 Å². The number of carboxylic acid groups (broad SMARTS) is 1. The Morgan fingerprint density at radius 3 is 1.67 bits per heavy atom. The van der Waals surface area contributed by atoms with Crippen LogP contribution in [0.25, 0.3) is 0 Å². The SMILES string of the molecule is CC[C@@H](C(=O)[O-])N1C(=O)c2c(Br)c(Br)c(Br)c(Br)c2C1=O. The second-order valence-electron chi connectivity index (χ2n) is 4.23. The number of fused-ring (bicyclic) bond motifs is 1. The van der Waals surface area contributed by atoms with Gasteiger partial charge >= 0.3 is 0 Å². The van der Waals surface area contributed by atoms with Crippen LogP contribution in [-0.4, -0.2) is 28.7 Å². The van der Waals surface area contributed by atoms with Gasteiger partial charge in [-0.3, -0.25) is 14.5 Å². The largest absolute Gasteiger partial charge is 0.548 e. The zero-order valence-corrected chi connectivity index (χ0v) is 16.7. The number of nitrogens with zero attached hydrogens (tertiary/aromatic N) is 1. The summed E-state index contributed by atoms with van der Waals surface area (Å²) < 4.78 is 1.89. The Kier molecular flexibility index (Phi) is 4.97. The third-order valence-corrected chi connectivity index (χ3v) is 7.87. The molecule has 5 nitrogen and oxygen atoms in total. The molecule has 0 bridgehead atoms. The third-order valence-electron chi connectivity index (χ3n) is 3.10. The van der Waals surface area contributed by atoms with Crippen LogP contribution in [0.5, 0.6) is 0 Å². The highest BCUT2D eigenvalue weighted by Crippen LogP contribution is 2.45. The highest BCUT2D eigenvalue weighted by atomic mass is 79.9.